The molecule has 0 unspecified atom stereocenters. The number of ether oxygens (including phenoxy) is 1. The van der Waals surface area contributed by atoms with E-state index in [1.54, 1.807) is 0 Å². The Morgan fingerprint density at radius 1 is 2.00 bits per heavy atom. The molecule has 0 atom stereocenters. The van der Waals surface area contributed by atoms with Crippen LogP contribution >= 0.6 is 0 Å². The van der Waals surface area contributed by atoms with Crippen LogP contribution in [-0.2, 0) is 9.53 Å². The highest BCUT2D eigenvalue weighted by atomic mass is 16.5. The largest absolute Gasteiger partial charge is 0.454 e. The second-order valence-electron chi connectivity index (χ2n) is 0.879. The van der Waals surface area contributed by atoms with Crippen LogP contribution in [0.1, 0.15) is 0 Å². The van der Waals surface area contributed by atoms with Crippen LogP contribution < -0.4 is 0 Å². The van der Waals surface area contributed by atoms with Crippen LogP contribution in [0.3, 0.4) is 0 Å². The van der Waals surface area contributed by atoms with E-state index in [0.717, 1.165) is 0 Å². The summed E-state index contributed by atoms with van der Waals surface area (Å²) in [5.41, 5.74) is 7.62. The van der Waals surface area contributed by atoms with Gasteiger partial charge < -0.3 is 4.74 Å². The van der Waals surface area contributed by atoms with Gasteiger partial charge in [0.2, 0.25) is 0 Å². The molecule has 0 aliphatic heterocycles. The van der Waals surface area contributed by atoms with Crippen LogP contribution in [0, 0.1) is 7.11 Å². The third-order valence-electron chi connectivity index (χ3n) is 0.395. The van der Waals surface area contributed by atoms with Gasteiger partial charge in [-0.1, -0.05) is 5.11 Å². The molecular formula is C3H3N3O2. The number of esters is 1. The standard InChI is InChI=1S/C3H3N3O2/c1-8-3(7)2-5-6-4/h1H,2H2. The van der Waals surface area contributed by atoms with Crippen LogP contribution in [0.4, 0.5) is 0 Å². The van der Waals surface area contributed by atoms with Gasteiger partial charge in [-0.2, -0.15) is 0 Å². The Morgan fingerprint density at radius 3 is 3.00 bits per heavy atom. The normalized spacial score (nSPS) is 7.12. The lowest BCUT2D eigenvalue weighted by molar-refractivity contribution is -0.136. The predicted octanol–water partition coefficient (Wildman–Crippen LogP) is 0.508. The molecule has 0 bridgehead atoms. The second kappa shape index (κ2) is 3.95. The van der Waals surface area contributed by atoms with Gasteiger partial charge in [-0.15, -0.1) is 0 Å². The number of azide groups is 1. The summed E-state index contributed by atoms with van der Waals surface area (Å²) < 4.78 is 3.65. The van der Waals surface area contributed by atoms with Crippen molar-refractivity contribution in [3.63, 3.8) is 0 Å². The zero-order valence-electron chi connectivity index (χ0n) is 3.94. The van der Waals surface area contributed by atoms with Crippen LogP contribution in [0.2, 0.25) is 0 Å². The third-order valence-corrected chi connectivity index (χ3v) is 0.395. The fraction of sp³-hybridized carbons (Fsp3) is 0.333. The van der Waals surface area contributed by atoms with E-state index in [1.807, 2.05) is 0 Å². The van der Waals surface area contributed by atoms with Crippen LogP contribution in [-0.4, -0.2) is 12.5 Å². The summed E-state index contributed by atoms with van der Waals surface area (Å²) in [5.74, 6) is -0.747. The maximum atomic E-state index is 9.96. The number of nitrogens with zero attached hydrogens (tertiary/aromatic N) is 3. The zero-order valence-corrected chi connectivity index (χ0v) is 3.94. The molecular weight excluding hydrogens is 110 g/mol. The first kappa shape index (κ1) is 6.78. The second-order valence-corrected chi connectivity index (χ2v) is 0.879. The SMILES string of the molecule is [CH]OC(=O)CN=[N+]=[N-]. The molecule has 0 N–H and O–H groups in total. The van der Waals surface area contributed by atoms with Crippen molar-refractivity contribution in [3.8, 4) is 0 Å². The minimum Gasteiger partial charge on any atom is -0.454 e. The van der Waals surface area contributed by atoms with Crippen molar-refractivity contribution >= 4 is 5.97 Å². The zero-order chi connectivity index (χ0) is 6.41. The summed E-state index contributed by atoms with van der Waals surface area (Å²) in [6.07, 6.45) is 0. The van der Waals surface area contributed by atoms with Crippen molar-refractivity contribution in [2.75, 3.05) is 6.54 Å². The minimum atomic E-state index is -0.747. The molecule has 8 heavy (non-hydrogen) atoms. The lowest BCUT2D eigenvalue weighted by Gasteiger charge is -1.86. The molecule has 0 rings (SSSR count). The lowest BCUT2D eigenvalue weighted by Crippen LogP contribution is -2.01. The summed E-state index contributed by atoms with van der Waals surface area (Å²) in [4.78, 5) is 12.3. The summed E-state index contributed by atoms with van der Waals surface area (Å²) in [5, 5.41) is 2.87. The van der Waals surface area contributed by atoms with Crippen LogP contribution in [0.5, 0.6) is 0 Å². The van der Waals surface area contributed by atoms with Gasteiger partial charge >= 0.3 is 5.97 Å². The van der Waals surface area contributed by atoms with E-state index in [1.165, 1.54) is 0 Å². The van der Waals surface area contributed by atoms with Gasteiger partial charge in [0.25, 0.3) is 0 Å². The van der Waals surface area contributed by atoms with E-state index >= 15 is 0 Å². The first-order valence-electron chi connectivity index (χ1n) is 1.71. The van der Waals surface area contributed by atoms with Crippen molar-refractivity contribution in [2.45, 2.75) is 0 Å². The molecule has 0 aliphatic carbocycles. The Morgan fingerprint density at radius 2 is 2.62 bits per heavy atom. The predicted molar refractivity (Wildman–Crippen MR) is 24.4 cm³/mol. The summed E-state index contributed by atoms with van der Waals surface area (Å²) in [6.45, 7) is -0.354. The Kier molecular flexibility index (Phi) is 3.35. The third kappa shape index (κ3) is 2.99. The average molecular weight is 113 g/mol. The van der Waals surface area contributed by atoms with Gasteiger partial charge in [0.05, 0.1) is 0 Å². The fourth-order valence-electron chi connectivity index (χ4n) is 0.127. The molecule has 5 nitrogen and oxygen atoms in total. The maximum Gasteiger partial charge on any atom is 0.312 e. The number of rotatable bonds is 2. The molecule has 0 saturated carbocycles. The Balaban J connectivity index is 3.39. The van der Waals surface area contributed by atoms with Crippen molar-refractivity contribution in [3.05, 3.63) is 17.6 Å². The van der Waals surface area contributed by atoms with Gasteiger partial charge in [0.15, 0.2) is 7.11 Å². The highest BCUT2D eigenvalue weighted by molar-refractivity contribution is 5.71. The summed E-state index contributed by atoms with van der Waals surface area (Å²) in [7, 11) is 4.38. The van der Waals surface area contributed by atoms with E-state index in [-0.39, 0.29) is 6.54 Å². The fourth-order valence-corrected chi connectivity index (χ4v) is 0.127. The lowest BCUT2D eigenvalue weighted by atomic mass is 10.7. The van der Waals surface area contributed by atoms with Crippen molar-refractivity contribution in [1.82, 2.24) is 0 Å². The number of hydrogen-bond donors (Lipinski definition) is 0. The Labute approximate surface area is 45.9 Å². The molecule has 0 spiro atoms. The quantitative estimate of drug-likeness (QED) is 0.226. The highest BCUT2D eigenvalue weighted by Crippen LogP contribution is 1.75. The molecule has 0 aromatic carbocycles. The van der Waals surface area contributed by atoms with Gasteiger partial charge in [-0.05, 0) is 5.53 Å². The Hall–Kier alpha value is -1.22. The van der Waals surface area contributed by atoms with E-state index < -0.39 is 5.97 Å². The highest BCUT2D eigenvalue weighted by Gasteiger charge is 1.93. The molecule has 2 radical (unpaired) electrons. The number of carbonyl (C=O) groups is 1. The average Bonchev–Trinajstić information content (AvgIpc) is 1.83. The summed E-state index contributed by atoms with van der Waals surface area (Å²) >= 11 is 0. The van der Waals surface area contributed by atoms with Gasteiger partial charge in [-0.3, -0.25) is 4.79 Å². The topological polar surface area (TPSA) is 75.1 Å². The first-order valence-corrected chi connectivity index (χ1v) is 1.71. The van der Waals surface area contributed by atoms with Crippen molar-refractivity contribution in [1.29, 1.82) is 0 Å². The maximum absolute atomic E-state index is 9.96. The summed E-state index contributed by atoms with van der Waals surface area (Å²) in [6, 6.07) is 0. The Bertz CT molecular complexity index is 126. The van der Waals surface area contributed by atoms with Crippen LogP contribution in [0.15, 0.2) is 5.11 Å². The van der Waals surface area contributed by atoms with Crippen LogP contribution in [0.25, 0.3) is 10.4 Å². The molecule has 0 heterocycles. The molecule has 0 aliphatic rings. The monoisotopic (exact) mass is 113 g/mol. The molecule has 0 saturated heterocycles. The molecule has 0 fully saturated rings. The molecule has 0 aromatic rings. The molecule has 0 amide bonds. The van der Waals surface area contributed by atoms with E-state index in [0.29, 0.717) is 0 Å². The molecule has 5 heteroatoms. The van der Waals surface area contributed by atoms with Gasteiger partial charge in [0, 0.05) is 4.91 Å². The molecule has 0 aromatic heterocycles. The molecule has 42 valence electrons. The van der Waals surface area contributed by atoms with E-state index in [2.05, 4.69) is 21.9 Å². The van der Waals surface area contributed by atoms with E-state index in [9.17, 15) is 4.79 Å². The minimum absolute atomic E-state index is 0.354. The number of hydrogen-bond acceptors (Lipinski definition) is 3. The number of carbonyl (C=O) groups excluding carboxylic acids is 1. The van der Waals surface area contributed by atoms with Gasteiger partial charge in [0.1, 0.15) is 6.54 Å². The smallest absolute Gasteiger partial charge is 0.312 e. The van der Waals surface area contributed by atoms with Crippen molar-refractivity contribution in [2.24, 2.45) is 5.11 Å². The van der Waals surface area contributed by atoms with Gasteiger partial charge in [-0.25, -0.2) is 0 Å². The van der Waals surface area contributed by atoms with E-state index in [4.69, 9.17) is 5.53 Å². The first-order chi connectivity index (χ1) is 3.81. The van der Waals surface area contributed by atoms with Crippen molar-refractivity contribution < 1.29 is 9.53 Å².